The Labute approximate surface area is 141 Å². The van der Waals surface area contributed by atoms with E-state index in [2.05, 4.69) is 15.9 Å². The standard InChI is InChI=1S/C14H15BrClNO3S/c1-2-20-14(19)11-8-21-7-6-17(11)13(18)9-4-3-5-10(15)12(9)16/h3-5,11H,2,6-8H2,1H3. The maximum Gasteiger partial charge on any atom is 0.329 e. The highest BCUT2D eigenvalue weighted by Gasteiger charge is 2.34. The number of halogens is 2. The van der Waals surface area contributed by atoms with Crippen molar-refractivity contribution in [1.82, 2.24) is 4.90 Å². The molecule has 1 amide bonds. The summed E-state index contributed by atoms with van der Waals surface area (Å²) in [4.78, 5) is 26.3. The van der Waals surface area contributed by atoms with Gasteiger partial charge in [0, 0.05) is 22.5 Å². The first-order valence-corrected chi connectivity index (χ1v) is 8.88. The highest BCUT2D eigenvalue weighted by atomic mass is 79.9. The number of hydrogen-bond donors (Lipinski definition) is 0. The number of thioether (sulfide) groups is 1. The molecule has 0 spiro atoms. The fraction of sp³-hybridized carbons (Fsp3) is 0.429. The Morgan fingerprint density at radius 3 is 3.00 bits per heavy atom. The summed E-state index contributed by atoms with van der Waals surface area (Å²) in [6, 6.07) is 4.64. The van der Waals surface area contributed by atoms with Crippen LogP contribution in [0.25, 0.3) is 0 Å². The van der Waals surface area contributed by atoms with Gasteiger partial charge in [0.25, 0.3) is 5.91 Å². The lowest BCUT2D eigenvalue weighted by Crippen LogP contribution is -2.51. The van der Waals surface area contributed by atoms with Gasteiger partial charge < -0.3 is 9.64 Å². The van der Waals surface area contributed by atoms with Crippen molar-refractivity contribution in [2.75, 3.05) is 24.7 Å². The summed E-state index contributed by atoms with van der Waals surface area (Å²) >= 11 is 11.1. The molecule has 0 aliphatic carbocycles. The molecule has 21 heavy (non-hydrogen) atoms. The van der Waals surface area contributed by atoms with Crippen LogP contribution in [0.4, 0.5) is 0 Å². The summed E-state index contributed by atoms with van der Waals surface area (Å²) in [5.74, 6) is 0.757. The molecular formula is C14H15BrClNO3S. The smallest absolute Gasteiger partial charge is 0.329 e. The van der Waals surface area contributed by atoms with E-state index in [0.717, 1.165) is 5.75 Å². The largest absolute Gasteiger partial charge is 0.464 e. The molecule has 1 heterocycles. The van der Waals surface area contributed by atoms with Gasteiger partial charge in [0.2, 0.25) is 0 Å². The van der Waals surface area contributed by atoms with Crippen LogP contribution < -0.4 is 0 Å². The third-order valence-corrected chi connectivity index (χ3v) is 5.45. The highest BCUT2D eigenvalue weighted by Crippen LogP contribution is 2.29. The minimum absolute atomic E-state index is 0.236. The summed E-state index contributed by atoms with van der Waals surface area (Å²) in [7, 11) is 0. The fourth-order valence-electron chi connectivity index (χ4n) is 2.10. The van der Waals surface area contributed by atoms with Crippen molar-refractivity contribution in [3.8, 4) is 0 Å². The van der Waals surface area contributed by atoms with Crippen LogP contribution in [-0.4, -0.2) is 47.5 Å². The maximum absolute atomic E-state index is 12.7. The minimum Gasteiger partial charge on any atom is -0.464 e. The van der Waals surface area contributed by atoms with E-state index in [1.54, 1.807) is 41.8 Å². The monoisotopic (exact) mass is 391 g/mol. The number of carbonyl (C=O) groups excluding carboxylic acids is 2. The van der Waals surface area contributed by atoms with Crippen molar-refractivity contribution in [2.24, 2.45) is 0 Å². The van der Waals surface area contributed by atoms with E-state index in [-0.39, 0.29) is 11.9 Å². The molecule has 0 saturated carbocycles. The number of esters is 1. The van der Waals surface area contributed by atoms with E-state index < -0.39 is 6.04 Å². The van der Waals surface area contributed by atoms with Crippen molar-refractivity contribution in [3.63, 3.8) is 0 Å². The van der Waals surface area contributed by atoms with Crippen molar-refractivity contribution in [3.05, 3.63) is 33.3 Å². The number of rotatable bonds is 3. The number of ether oxygens (including phenoxy) is 1. The predicted molar refractivity (Wildman–Crippen MR) is 87.9 cm³/mol. The zero-order chi connectivity index (χ0) is 15.4. The molecule has 2 rings (SSSR count). The number of nitrogens with zero attached hydrogens (tertiary/aromatic N) is 1. The molecule has 1 aromatic rings. The van der Waals surface area contributed by atoms with Crippen molar-refractivity contribution < 1.29 is 14.3 Å². The van der Waals surface area contributed by atoms with E-state index in [4.69, 9.17) is 16.3 Å². The van der Waals surface area contributed by atoms with Gasteiger partial charge in [-0.1, -0.05) is 17.7 Å². The molecule has 1 aromatic carbocycles. The number of hydrogen-bond acceptors (Lipinski definition) is 4. The summed E-state index contributed by atoms with van der Waals surface area (Å²) in [6.45, 7) is 2.57. The third-order valence-electron chi connectivity index (χ3n) is 3.13. The Bertz CT molecular complexity index is 555. The van der Waals surface area contributed by atoms with E-state index in [1.165, 1.54) is 0 Å². The average molecular weight is 393 g/mol. The lowest BCUT2D eigenvalue weighted by molar-refractivity contribution is -0.147. The molecule has 0 radical (unpaired) electrons. The van der Waals surface area contributed by atoms with Gasteiger partial charge in [-0.25, -0.2) is 4.79 Å². The average Bonchev–Trinajstić information content (AvgIpc) is 2.49. The molecule has 0 aromatic heterocycles. The van der Waals surface area contributed by atoms with Gasteiger partial charge in [-0.2, -0.15) is 11.8 Å². The minimum atomic E-state index is -0.550. The van der Waals surface area contributed by atoms with Crippen LogP contribution in [0.1, 0.15) is 17.3 Å². The Hall–Kier alpha value is -0.720. The highest BCUT2D eigenvalue weighted by molar-refractivity contribution is 9.10. The van der Waals surface area contributed by atoms with Crippen LogP contribution in [0, 0.1) is 0 Å². The number of carbonyl (C=O) groups is 2. The second-order valence-corrected chi connectivity index (χ2v) is 6.82. The van der Waals surface area contributed by atoms with E-state index in [0.29, 0.717) is 34.0 Å². The van der Waals surface area contributed by atoms with Crippen LogP contribution in [0.3, 0.4) is 0 Å². The molecule has 1 saturated heterocycles. The second kappa shape index (κ2) is 7.51. The van der Waals surface area contributed by atoms with Crippen LogP contribution in [0.2, 0.25) is 5.02 Å². The van der Waals surface area contributed by atoms with Gasteiger partial charge in [-0.05, 0) is 35.0 Å². The second-order valence-electron chi connectivity index (χ2n) is 4.44. The molecule has 0 N–H and O–H groups in total. The molecular weight excluding hydrogens is 378 g/mol. The zero-order valence-corrected chi connectivity index (χ0v) is 14.6. The third kappa shape index (κ3) is 3.73. The van der Waals surface area contributed by atoms with Gasteiger partial charge in [0.05, 0.1) is 17.2 Å². The lowest BCUT2D eigenvalue weighted by atomic mass is 10.1. The van der Waals surface area contributed by atoms with Crippen LogP contribution in [0.15, 0.2) is 22.7 Å². The quantitative estimate of drug-likeness (QED) is 0.741. The zero-order valence-electron chi connectivity index (χ0n) is 11.5. The van der Waals surface area contributed by atoms with Crippen LogP contribution in [-0.2, 0) is 9.53 Å². The topological polar surface area (TPSA) is 46.6 Å². The molecule has 0 bridgehead atoms. The van der Waals surface area contributed by atoms with Crippen LogP contribution >= 0.6 is 39.3 Å². The Morgan fingerprint density at radius 1 is 1.52 bits per heavy atom. The molecule has 7 heteroatoms. The maximum atomic E-state index is 12.7. The summed E-state index contributed by atoms with van der Waals surface area (Å²) in [5, 5.41) is 0.364. The van der Waals surface area contributed by atoms with E-state index in [9.17, 15) is 9.59 Å². The normalized spacial score (nSPS) is 18.4. The Balaban J connectivity index is 2.26. The lowest BCUT2D eigenvalue weighted by Gasteiger charge is -2.33. The summed E-state index contributed by atoms with van der Waals surface area (Å²) in [5.41, 5.74) is 0.396. The molecule has 1 aliphatic rings. The summed E-state index contributed by atoms with van der Waals surface area (Å²) < 4.78 is 5.72. The molecule has 1 unspecified atom stereocenters. The number of benzene rings is 1. The van der Waals surface area contributed by atoms with Gasteiger partial charge >= 0.3 is 5.97 Å². The first-order valence-electron chi connectivity index (χ1n) is 6.55. The van der Waals surface area contributed by atoms with Gasteiger partial charge in [0.15, 0.2) is 0 Å². The van der Waals surface area contributed by atoms with Crippen molar-refractivity contribution in [2.45, 2.75) is 13.0 Å². The first kappa shape index (κ1) is 16.6. The van der Waals surface area contributed by atoms with E-state index >= 15 is 0 Å². The fourth-order valence-corrected chi connectivity index (χ4v) is 3.71. The molecule has 4 nitrogen and oxygen atoms in total. The van der Waals surface area contributed by atoms with Gasteiger partial charge in [-0.15, -0.1) is 0 Å². The number of amides is 1. The van der Waals surface area contributed by atoms with Gasteiger partial charge in [-0.3, -0.25) is 4.79 Å². The van der Waals surface area contributed by atoms with Gasteiger partial charge in [0.1, 0.15) is 6.04 Å². The van der Waals surface area contributed by atoms with Crippen molar-refractivity contribution >= 4 is 51.2 Å². The molecule has 1 aliphatic heterocycles. The summed E-state index contributed by atoms with van der Waals surface area (Å²) in [6.07, 6.45) is 0. The SMILES string of the molecule is CCOC(=O)C1CSCCN1C(=O)c1cccc(Br)c1Cl. The Morgan fingerprint density at radius 2 is 2.29 bits per heavy atom. The first-order chi connectivity index (χ1) is 10.1. The molecule has 114 valence electrons. The van der Waals surface area contributed by atoms with Crippen molar-refractivity contribution in [1.29, 1.82) is 0 Å². The predicted octanol–water partition coefficient (Wildman–Crippen LogP) is 3.22. The molecule has 1 fully saturated rings. The van der Waals surface area contributed by atoms with Crippen LogP contribution in [0.5, 0.6) is 0 Å². The van der Waals surface area contributed by atoms with E-state index in [1.807, 2.05) is 0 Å². The molecule has 1 atom stereocenters. The Kier molecular flexibility index (Phi) is 5.96.